The maximum absolute atomic E-state index is 12.9. The molecular weight excluding hydrogens is 159 g/mol. The summed E-state index contributed by atoms with van der Waals surface area (Å²) in [7, 11) is 0. The molecule has 0 bridgehead atoms. The summed E-state index contributed by atoms with van der Waals surface area (Å²) in [6.07, 6.45) is 0. The molecule has 0 amide bonds. The van der Waals surface area contributed by atoms with E-state index >= 15 is 0 Å². The first-order valence-electron chi connectivity index (χ1n) is 3.65. The van der Waals surface area contributed by atoms with Crippen LogP contribution in [0.5, 0.6) is 0 Å². The molecule has 0 aromatic heterocycles. The van der Waals surface area contributed by atoms with E-state index in [1.54, 1.807) is 17.8 Å². The molecule has 0 saturated heterocycles. The third kappa shape index (κ3) is 2.54. The van der Waals surface area contributed by atoms with Crippen molar-refractivity contribution in [1.82, 2.24) is 0 Å². The van der Waals surface area contributed by atoms with E-state index in [0.717, 1.165) is 17.1 Å². The van der Waals surface area contributed by atoms with Crippen LogP contribution in [0.1, 0.15) is 12.5 Å². The van der Waals surface area contributed by atoms with Crippen LogP contribution in [0.4, 0.5) is 4.39 Å². The average Bonchev–Trinajstić information content (AvgIpc) is 2.03. The highest BCUT2D eigenvalue weighted by molar-refractivity contribution is 7.98. The number of hydrogen-bond donors (Lipinski definition) is 0. The van der Waals surface area contributed by atoms with E-state index in [1.165, 1.54) is 6.07 Å². The van der Waals surface area contributed by atoms with Gasteiger partial charge in [-0.2, -0.15) is 11.8 Å². The Morgan fingerprint density at radius 2 is 2.09 bits per heavy atom. The Morgan fingerprint density at radius 1 is 1.36 bits per heavy atom. The lowest BCUT2D eigenvalue weighted by atomic mass is 10.2. The Balaban J connectivity index is 2.62. The summed E-state index contributed by atoms with van der Waals surface area (Å²) in [4.78, 5) is 0. The molecule has 0 heterocycles. The van der Waals surface area contributed by atoms with Gasteiger partial charge in [0.25, 0.3) is 0 Å². The van der Waals surface area contributed by atoms with Crippen LogP contribution in [0.15, 0.2) is 24.3 Å². The lowest BCUT2D eigenvalue weighted by Gasteiger charge is -1.99. The second-order valence-corrected chi connectivity index (χ2v) is 3.50. The van der Waals surface area contributed by atoms with Gasteiger partial charge < -0.3 is 0 Å². The monoisotopic (exact) mass is 170 g/mol. The minimum atomic E-state index is -0.0894. The number of benzene rings is 1. The molecular formula is C9H11FS. The van der Waals surface area contributed by atoms with Gasteiger partial charge in [-0.3, -0.25) is 0 Å². The van der Waals surface area contributed by atoms with Crippen LogP contribution in [0, 0.1) is 5.82 Å². The summed E-state index contributed by atoms with van der Waals surface area (Å²) in [6, 6.07) is 6.92. The molecule has 0 saturated carbocycles. The van der Waals surface area contributed by atoms with E-state index < -0.39 is 0 Å². The molecule has 60 valence electrons. The molecule has 0 nitrogen and oxygen atoms in total. The molecule has 0 spiro atoms. The molecule has 1 aromatic rings. The molecule has 0 N–H and O–H groups in total. The molecule has 1 rings (SSSR count). The van der Waals surface area contributed by atoms with Gasteiger partial charge >= 0.3 is 0 Å². The van der Waals surface area contributed by atoms with Crippen LogP contribution in [0.25, 0.3) is 0 Å². The summed E-state index contributed by atoms with van der Waals surface area (Å²) < 4.78 is 12.9. The Morgan fingerprint density at radius 3 is 2.73 bits per heavy atom. The predicted octanol–water partition coefficient (Wildman–Crippen LogP) is 3.08. The Labute approximate surface area is 70.8 Å². The standard InChI is InChI=1S/C9H11FS/c1-2-11-7-8-5-3-4-6-9(8)10/h3-6H,2,7H2,1H3. The van der Waals surface area contributed by atoms with Crippen molar-refractivity contribution in [2.75, 3.05) is 5.75 Å². The quantitative estimate of drug-likeness (QED) is 0.671. The van der Waals surface area contributed by atoms with Crippen molar-refractivity contribution >= 4 is 11.8 Å². The summed E-state index contributed by atoms with van der Waals surface area (Å²) in [5.41, 5.74) is 0.805. The highest BCUT2D eigenvalue weighted by Gasteiger charge is 1.97. The Kier molecular flexibility index (Phi) is 3.43. The van der Waals surface area contributed by atoms with Gasteiger partial charge in [-0.15, -0.1) is 0 Å². The van der Waals surface area contributed by atoms with E-state index in [2.05, 4.69) is 6.92 Å². The van der Waals surface area contributed by atoms with Crippen molar-refractivity contribution < 1.29 is 4.39 Å². The van der Waals surface area contributed by atoms with Crippen molar-refractivity contribution in [2.45, 2.75) is 12.7 Å². The molecule has 0 fully saturated rings. The highest BCUT2D eigenvalue weighted by Crippen LogP contribution is 2.14. The molecule has 0 aliphatic heterocycles. The molecule has 0 atom stereocenters. The number of halogens is 1. The lowest BCUT2D eigenvalue weighted by molar-refractivity contribution is 0.617. The van der Waals surface area contributed by atoms with Crippen LogP contribution < -0.4 is 0 Å². The zero-order valence-corrected chi connectivity index (χ0v) is 7.33. The summed E-state index contributed by atoms with van der Waals surface area (Å²) in [6.45, 7) is 2.07. The minimum absolute atomic E-state index is 0.0894. The largest absolute Gasteiger partial charge is 0.207 e. The van der Waals surface area contributed by atoms with Crippen molar-refractivity contribution in [3.05, 3.63) is 35.6 Å². The summed E-state index contributed by atoms with van der Waals surface area (Å²) in [5, 5.41) is 0. The molecule has 0 unspecified atom stereocenters. The first kappa shape index (κ1) is 8.60. The van der Waals surface area contributed by atoms with Gasteiger partial charge in [-0.05, 0) is 17.4 Å². The first-order chi connectivity index (χ1) is 5.34. The fourth-order valence-electron chi connectivity index (χ4n) is 0.827. The second kappa shape index (κ2) is 4.39. The highest BCUT2D eigenvalue weighted by atomic mass is 32.2. The molecule has 2 heteroatoms. The van der Waals surface area contributed by atoms with E-state index in [4.69, 9.17) is 0 Å². The summed E-state index contributed by atoms with van der Waals surface area (Å²) >= 11 is 1.74. The topological polar surface area (TPSA) is 0 Å². The zero-order chi connectivity index (χ0) is 8.10. The minimum Gasteiger partial charge on any atom is -0.207 e. The molecule has 0 radical (unpaired) electrons. The van der Waals surface area contributed by atoms with Gasteiger partial charge in [-0.1, -0.05) is 25.1 Å². The van der Waals surface area contributed by atoms with Crippen molar-refractivity contribution in [3.8, 4) is 0 Å². The summed E-state index contributed by atoms with van der Waals surface area (Å²) in [5.74, 6) is 1.73. The van der Waals surface area contributed by atoms with E-state index in [0.29, 0.717) is 0 Å². The predicted molar refractivity (Wildman–Crippen MR) is 48.2 cm³/mol. The number of thioether (sulfide) groups is 1. The van der Waals surface area contributed by atoms with E-state index in [9.17, 15) is 4.39 Å². The molecule has 0 aliphatic rings. The second-order valence-electron chi connectivity index (χ2n) is 2.23. The Bertz CT molecular complexity index is 223. The smallest absolute Gasteiger partial charge is 0.127 e. The maximum atomic E-state index is 12.9. The normalized spacial score (nSPS) is 10.0. The van der Waals surface area contributed by atoms with Gasteiger partial charge in [0.15, 0.2) is 0 Å². The molecule has 0 aliphatic carbocycles. The maximum Gasteiger partial charge on any atom is 0.127 e. The van der Waals surface area contributed by atoms with E-state index in [-0.39, 0.29) is 5.82 Å². The van der Waals surface area contributed by atoms with Gasteiger partial charge in [-0.25, -0.2) is 4.39 Å². The van der Waals surface area contributed by atoms with Crippen LogP contribution >= 0.6 is 11.8 Å². The van der Waals surface area contributed by atoms with Crippen molar-refractivity contribution in [3.63, 3.8) is 0 Å². The zero-order valence-electron chi connectivity index (χ0n) is 6.51. The fourth-order valence-corrected chi connectivity index (χ4v) is 1.49. The van der Waals surface area contributed by atoms with Gasteiger partial charge in [0.1, 0.15) is 5.82 Å². The number of rotatable bonds is 3. The van der Waals surface area contributed by atoms with Crippen LogP contribution in [-0.2, 0) is 5.75 Å². The number of hydrogen-bond acceptors (Lipinski definition) is 1. The molecule has 11 heavy (non-hydrogen) atoms. The van der Waals surface area contributed by atoms with E-state index in [1.807, 2.05) is 12.1 Å². The lowest BCUT2D eigenvalue weighted by Crippen LogP contribution is -1.85. The van der Waals surface area contributed by atoms with Gasteiger partial charge in [0.05, 0.1) is 0 Å². The third-order valence-electron chi connectivity index (χ3n) is 1.42. The first-order valence-corrected chi connectivity index (χ1v) is 4.81. The Hall–Kier alpha value is -0.500. The van der Waals surface area contributed by atoms with Gasteiger partial charge in [0.2, 0.25) is 0 Å². The SMILES string of the molecule is CCSCc1ccccc1F. The fraction of sp³-hybridized carbons (Fsp3) is 0.333. The van der Waals surface area contributed by atoms with Crippen LogP contribution in [-0.4, -0.2) is 5.75 Å². The van der Waals surface area contributed by atoms with Crippen LogP contribution in [0.2, 0.25) is 0 Å². The molecule has 1 aromatic carbocycles. The third-order valence-corrected chi connectivity index (χ3v) is 2.34. The van der Waals surface area contributed by atoms with Gasteiger partial charge in [0, 0.05) is 5.75 Å². The van der Waals surface area contributed by atoms with Crippen molar-refractivity contribution in [1.29, 1.82) is 0 Å². The van der Waals surface area contributed by atoms with Crippen LogP contribution in [0.3, 0.4) is 0 Å². The van der Waals surface area contributed by atoms with Crippen molar-refractivity contribution in [2.24, 2.45) is 0 Å². The average molecular weight is 170 g/mol.